The lowest BCUT2D eigenvalue weighted by molar-refractivity contribution is 0.0952. The smallest absolute Gasteiger partial charge is 0.261 e. The summed E-state index contributed by atoms with van der Waals surface area (Å²) in [5, 5.41) is 2.73. The Balaban J connectivity index is 1.68. The van der Waals surface area contributed by atoms with Crippen molar-refractivity contribution in [1.82, 2.24) is 20.3 Å². The van der Waals surface area contributed by atoms with Gasteiger partial charge in [0, 0.05) is 30.6 Å². The van der Waals surface area contributed by atoms with E-state index in [1.807, 2.05) is 24.3 Å². The number of hydrogen-bond acceptors (Lipinski definition) is 4. The molecule has 2 aromatic heterocycles. The number of nitrogens with one attached hydrogen (secondary N) is 3. The van der Waals surface area contributed by atoms with Gasteiger partial charge in [-0.2, -0.15) is 0 Å². The molecule has 0 bridgehead atoms. The zero-order chi connectivity index (χ0) is 17.6. The van der Waals surface area contributed by atoms with Gasteiger partial charge in [-0.1, -0.05) is 0 Å². The van der Waals surface area contributed by atoms with Crippen molar-refractivity contribution in [3.05, 3.63) is 70.5 Å². The van der Waals surface area contributed by atoms with Crippen LogP contribution in [0.1, 0.15) is 16.1 Å². The molecule has 0 atom stereocenters. The van der Waals surface area contributed by atoms with Gasteiger partial charge in [0.05, 0.1) is 13.4 Å². The van der Waals surface area contributed by atoms with Gasteiger partial charge in [0.1, 0.15) is 11.3 Å². The summed E-state index contributed by atoms with van der Waals surface area (Å²) in [6, 6.07) is 10.5. The van der Waals surface area contributed by atoms with Gasteiger partial charge in [0.15, 0.2) is 0 Å². The minimum Gasteiger partial charge on any atom is -0.497 e. The van der Waals surface area contributed by atoms with Crippen molar-refractivity contribution in [2.24, 2.45) is 0 Å². The van der Waals surface area contributed by atoms with Crippen LogP contribution in [-0.4, -0.2) is 34.5 Å². The van der Waals surface area contributed by atoms with Gasteiger partial charge in [-0.25, -0.2) is 4.98 Å². The summed E-state index contributed by atoms with van der Waals surface area (Å²) in [6.45, 7) is 0.417. The van der Waals surface area contributed by atoms with Crippen LogP contribution in [0, 0.1) is 0 Å². The molecule has 1 aromatic carbocycles. The second kappa shape index (κ2) is 7.48. The highest BCUT2D eigenvalue weighted by Crippen LogP contribution is 2.19. The third-order valence-corrected chi connectivity index (χ3v) is 3.79. The molecule has 3 rings (SSSR count). The third kappa shape index (κ3) is 3.95. The highest BCUT2D eigenvalue weighted by molar-refractivity contribution is 5.94. The third-order valence-electron chi connectivity index (χ3n) is 3.79. The summed E-state index contributed by atoms with van der Waals surface area (Å²) < 4.78 is 5.11. The first-order chi connectivity index (χ1) is 12.2. The van der Waals surface area contributed by atoms with Crippen molar-refractivity contribution in [3.63, 3.8) is 0 Å². The van der Waals surface area contributed by atoms with Crippen molar-refractivity contribution in [3.8, 4) is 17.0 Å². The number of pyridine rings is 1. The second-order valence-corrected chi connectivity index (χ2v) is 5.43. The van der Waals surface area contributed by atoms with Crippen molar-refractivity contribution in [2.45, 2.75) is 6.42 Å². The molecule has 0 fully saturated rings. The molecule has 7 nitrogen and oxygen atoms in total. The lowest BCUT2D eigenvalue weighted by Crippen LogP contribution is -2.31. The summed E-state index contributed by atoms with van der Waals surface area (Å²) in [6.07, 6.45) is 3.90. The Morgan fingerprint density at radius 2 is 2.00 bits per heavy atom. The quantitative estimate of drug-likeness (QED) is 0.637. The van der Waals surface area contributed by atoms with E-state index in [4.69, 9.17) is 4.74 Å². The van der Waals surface area contributed by atoms with Crippen molar-refractivity contribution in [2.75, 3.05) is 13.7 Å². The van der Waals surface area contributed by atoms with Crippen molar-refractivity contribution < 1.29 is 9.53 Å². The monoisotopic (exact) mass is 338 g/mol. The summed E-state index contributed by atoms with van der Waals surface area (Å²) in [7, 11) is 1.59. The van der Waals surface area contributed by atoms with Crippen molar-refractivity contribution >= 4 is 5.91 Å². The van der Waals surface area contributed by atoms with E-state index in [2.05, 4.69) is 20.3 Å². The van der Waals surface area contributed by atoms with Crippen LogP contribution in [0.3, 0.4) is 0 Å². The fraction of sp³-hybridized carbons (Fsp3) is 0.167. The number of ether oxygens (including phenoxy) is 1. The molecule has 2 heterocycles. The molecule has 0 saturated carbocycles. The molecular formula is C18H18N4O3. The van der Waals surface area contributed by atoms with Gasteiger partial charge in [0.25, 0.3) is 11.5 Å². The lowest BCUT2D eigenvalue weighted by Gasteiger charge is -2.06. The first kappa shape index (κ1) is 16.5. The molecule has 1 amide bonds. The predicted molar refractivity (Wildman–Crippen MR) is 93.7 cm³/mol. The number of rotatable bonds is 6. The lowest BCUT2D eigenvalue weighted by atomic mass is 10.1. The van der Waals surface area contributed by atoms with E-state index in [9.17, 15) is 9.59 Å². The zero-order valence-corrected chi connectivity index (χ0v) is 13.7. The maximum absolute atomic E-state index is 12.2. The van der Waals surface area contributed by atoms with Crippen LogP contribution < -0.4 is 15.6 Å². The van der Waals surface area contributed by atoms with Gasteiger partial charge >= 0.3 is 0 Å². The average Bonchev–Trinajstić information content (AvgIpc) is 3.15. The molecule has 0 aliphatic carbocycles. The zero-order valence-electron chi connectivity index (χ0n) is 13.7. The Morgan fingerprint density at radius 1 is 1.20 bits per heavy atom. The van der Waals surface area contributed by atoms with Gasteiger partial charge in [0.2, 0.25) is 0 Å². The van der Waals surface area contributed by atoms with Gasteiger partial charge in [-0.05, 0) is 42.0 Å². The predicted octanol–water partition coefficient (Wildman–Crippen LogP) is 1.75. The van der Waals surface area contributed by atoms with Crippen LogP contribution >= 0.6 is 0 Å². The molecule has 3 N–H and O–H groups in total. The van der Waals surface area contributed by atoms with Crippen LogP contribution in [0.25, 0.3) is 11.3 Å². The Bertz CT molecular complexity index is 899. The molecule has 0 aliphatic rings. The van der Waals surface area contributed by atoms with Gasteiger partial charge in [-0.15, -0.1) is 0 Å². The molecule has 7 heteroatoms. The van der Waals surface area contributed by atoms with Crippen LogP contribution in [0.4, 0.5) is 0 Å². The van der Waals surface area contributed by atoms with Crippen molar-refractivity contribution in [1.29, 1.82) is 0 Å². The van der Waals surface area contributed by atoms with E-state index in [1.165, 1.54) is 6.07 Å². The second-order valence-electron chi connectivity index (χ2n) is 5.43. The molecule has 0 saturated heterocycles. The van der Waals surface area contributed by atoms with Crippen LogP contribution in [0.15, 0.2) is 53.7 Å². The van der Waals surface area contributed by atoms with E-state index < -0.39 is 11.5 Å². The topological polar surface area (TPSA) is 99.9 Å². The Labute approximate surface area is 144 Å². The maximum Gasteiger partial charge on any atom is 0.261 e. The van der Waals surface area contributed by atoms with Crippen LogP contribution in [-0.2, 0) is 6.42 Å². The Kier molecular flexibility index (Phi) is 4.94. The Morgan fingerprint density at radius 3 is 2.64 bits per heavy atom. The van der Waals surface area contributed by atoms with E-state index in [0.717, 1.165) is 17.0 Å². The minimum absolute atomic E-state index is 0.0851. The number of methoxy groups -OCH3 is 1. The van der Waals surface area contributed by atoms with E-state index >= 15 is 0 Å². The number of imidazole rings is 1. The highest BCUT2D eigenvalue weighted by atomic mass is 16.5. The maximum atomic E-state index is 12.2. The fourth-order valence-corrected chi connectivity index (χ4v) is 2.42. The standard InChI is InChI=1S/C18H18N4O3/c1-25-14-4-2-12(3-5-14)16-7-6-15(18(24)22-16)17(23)20-9-8-13-10-19-11-21-13/h2-7,10-11H,8-9H2,1H3,(H,19,21)(H,20,23)(H,22,24). The summed E-state index contributed by atoms with van der Waals surface area (Å²) >= 11 is 0. The SMILES string of the molecule is COc1ccc(-c2ccc(C(=O)NCCc3cnc[nH]3)c(=O)[nH]2)cc1. The molecule has 25 heavy (non-hydrogen) atoms. The number of H-pyrrole nitrogens is 2. The van der Waals surface area contributed by atoms with E-state index in [1.54, 1.807) is 25.7 Å². The molecule has 0 aliphatic heterocycles. The summed E-state index contributed by atoms with van der Waals surface area (Å²) in [4.78, 5) is 34.0. The molecule has 128 valence electrons. The number of benzene rings is 1. The largest absolute Gasteiger partial charge is 0.497 e. The van der Waals surface area contributed by atoms with Crippen LogP contribution in [0.2, 0.25) is 0 Å². The first-order valence-electron chi connectivity index (χ1n) is 7.80. The normalized spacial score (nSPS) is 10.4. The first-order valence-corrected chi connectivity index (χ1v) is 7.80. The number of carbonyl (C=O) groups is 1. The number of aromatic amines is 2. The minimum atomic E-state index is -0.424. The molecule has 0 unspecified atom stereocenters. The summed E-state index contributed by atoms with van der Waals surface area (Å²) in [5.74, 6) is 0.335. The van der Waals surface area contributed by atoms with Gasteiger partial charge < -0.3 is 20.0 Å². The molecular weight excluding hydrogens is 320 g/mol. The van der Waals surface area contributed by atoms with E-state index in [0.29, 0.717) is 18.7 Å². The molecule has 0 radical (unpaired) electrons. The summed E-state index contributed by atoms with van der Waals surface area (Å²) in [5.41, 5.74) is 2.06. The highest BCUT2D eigenvalue weighted by Gasteiger charge is 2.11. The number of aromatic nitrogens is 3. The number of hydrogen-bond donors (Lipinski definition) is 3. The number of carbonyl (C=O) groups excluding carboxylic acids is 1. The average molecular weight is 338 g/mol. The van der Waals surface area contributed by atoms with Gasteiger partial charge in [-0.3, -0.25) is 9.59 Å². The number of amides is 1. The fourth-order valence-electron chi connectivity index (χ4n) is 2.42. The van der Waals surface area contributed by atoms with E-state index in [-0.39, 0.29) is 5.56 Å². The molecule has 3 aromatic rings. The molecule has 0 spiro atoms. The number of nitrogens with zero attached hydrogens (tertiary/aromatic N) is 1. The van der Waals surface area contributed by atoms with Crippen LogP contribution in [0.5, 0.6) is 5.75 Å². The Hall–Kier alpha value is -3.35.